The van der Waals surface area contributed by atoms with E-state index in [0.717, 1.165) is 9.88 Å². The molecule has 3 rings (SSSR count). The van der Waals surface area contributed by atoms with Crippen molar-refractivity contribution in [3.05, 3.63) is 64.1 Å². The number of rotatable bonds is 5. The molecular weight excluding hydrogens is 327 g/mol. The maximum absolute atomic E-state index is 13.8. The lowest BCUT2D eigenvalue weighted by molar-refractivity contribution is 0.0790. The van der Waals surface area contributed by atoms with E-state index in [1.165, 1.54) is 10.7 Å². The van der Waals surface area contributed by atoms with Gasteiger partial charge in [-0.05, 0) is 25.1 Å². The van der Waals surface area contributed by atoms with Crippen molar-refractivity contribution in [2.45, 2.75) is 13.3 Å². The van der Waals surface area contributed by atoms with Gasteiger partial charge in [-0.15, -0.1) is 11.3 Å². The largest absolute Gasteiger partial charge is 0.340 e. The molecule has 0 N–H and O–H groups in total. The van der Waals surface area contributed by atoms with Gasteiger partial charge in [-0.25, -0.2) is 14.1 Å². The number of thiazole rings is 1. The second kappa shape index (κ2) is 6.92. The van der Waals surface area contributed by atoms with Gasteiger partial charge in [0.05, 0.1) is 5.01 Å². The molecule has 5 nitrogen and oxygen atoms in total. The maximum Gasteiger partial charge on any atom is 0.274 e. The van der Waals surface area contributed by atoms with E-state index in [4.69, 9.17) is 0 Å². The summed E-state index contributed by atoms with van der Waals surface area (Å²) in [4.78, 5) is 19.5. The Labute approximate surface area is 143 Å². The molecule has 0 aliphatic heterocycles. The van der Waals surface area contributed by atoms with Crippen LogP contribution in [0.25, 0.3) is 5.69 Å². The smallest absolute Gasteiger partial charge is 0.274 e. The first kappa shape index (κ1) is 16.3. The Kier molecular flexibility index (Phi) is 4.71. The molecule has 3 aromatic rings. The molecule has 0 unspecified atom stereocenters. The molecule has 0 aliphatic carbocycles. The Morgan fingerprint density at radius 3 is 2.83 bits per heavy atom. The molecule has 0 atom stereocenters. The minimum absolute atomic E-state index is 0.196. The van der Waals surface area contributed by atoms with Crippen molar-refractivity contribution in [3.63, 3.8) is 0 Å². The number of aryl methyl sites for hydroxylation is 1. The van der Waals surface area contributed by atoms with Crippen molar-refractivity contribution in [1.82, 2.24) is 19.7 Å². The van der Waals surface area contributed by atoms with Crippen LogP contribution >= 0.6 is 11.3 Å². The summed E-state index contributed by atoms with van der Waals surface area (Å²) in [6, 6.07) is 7.91. The number of carbonyl (C=O) groups excluding carboxylic acids is 1. The minimum Gasteiger partial charge on any atom is -0.340 e. The predicted octanol–water partition coefficient (Wildman–Crippen LogP) is 3.09. The fourth-order valence-electron chi connectivity index (χ4n) is 2.29. The summed E-state index contributed by atoms with van der Waals surface area (Å²) in [5.41, 5.74) is 0.605. The quantitative estimate of drug-likeness (QED) is 0.715. The molecule has 2 aromatic heterocycles. The van der Waals surface area contributed by atoms with Gasteiger partial charge in [0.25, 0.3) is 5.91 Å². The highest BCUT2D eigenvalue weighted by Gasteiger charge is 2.16. The van der Waals surface area contributed by atoms with Crippen LogP contribution < -0.4 is 0 Å². The molecule has 2 heterocycles. The van der Waals surface area contributed by atoms with E-state index in [0.29, 0.717) is 18.7 Å². The monoisotopic (exact) mass is 344 g/mol. The summed E-state index contributed by atoms with van der Waals surface area (Å²) in [7, 11) is 1.73. The first-order chi connectivity index (χ1) is 11.5. The number of nitrogens with zero attached hydrogens (tertiary/aromatic N) is 4. The number of carbonyl (C=O) groups is 1. The van der Waals surface area contributed by atoms with Gasteiger partial charge in [0, 0.05) is 37.3 Å². The fourth-order valence-corrected chi connectivity index (χ4v) is 3.06. The van der Waals surface area contributed by atoms with E-state index in [-0.39, 0.29) is 17.4 Å². The van der Waals surface area contributed by atoms with Gasteiger partial charge >= 0.3 is 0 Å². The van der Waals surface area contributed by atoms with Gasteiger partial charge in [-0.2, -0.15) is 5.10 Å². The first-order valence-electron chi connectivity index (χ1n) is 7.52. The van der Waals surface area contributed by atoms with Gasteiger partial charge in [0.1, 0.15) is 11.5 Å². The lowest BCUT2D eigenvalue weighted by Crippen LogP contribution is -2.29. The zero-order valence-corrected chi connectivity index (χ0v) is 14.3. The third-order valence-electron chi connectivity index (χ3n) is 3.58. The van der Waals surface area contributed by atoms with Crippen molar-refractivity contribution in [2.24, 2.45) is 0 Å². The van der Waals surface area contributed by atoms with Crippen molar-refractivity contribution >= 4 is 17.2 Å². The van der Waals surface area contributed by atoms with Crippen molar-refractivity contribution < 1.29 is 9.18 Å². The molecule has 1 aromatic carbocycles. The lowest BCUT2D eigenvalue weighted by atomic mass is 10.3. The molecule has 24 heavy (non-hydrogen) atoms. The van der Waals surface area contributed by atoms with E-state index in [1.807, 2.05) is 13.1 Å². The molecule has 0 spiro atoms. The SMILES string of the molecule is Cc1cnc(CCN(C)C(=O)c2ccn(-c3ccccc3F)n2)s1. The molecule has 0 bridgehead atoms. The zero-order chi connectivity index (χ0) is 17.1. The predicted molar refractivity (Wildman–Crippen MR) is 91.0 cm³/mol. The Morgan fingerprint density at radius 1 is 1.33 bits per heavy atom. The van der Waals surface area contributed by atoms with E-state index in [2.05, 4.69) is 10.1 Å². The number of amides is 1. The minimum atomic E-state index is -0.382. The second-order valence-corrected chi connectivity index (χ2v) is 6.76. The van der Waals surface area contributed by atoms with Gasteiger partial charge in [0.15, 0.2) is 5.69 Å². The van der Waals surface area contributed by atoms with Crippen LogP contribution in [0.2, 0.25) is 0 Å². The number of likely N-dealkylation sites (N-methyl/N-ethyl adjacent to an activating group) is 1. The van der Waals surface area contributed by atoms with Crippen LogP contribution in [0, 0.1) is 12.7 Å². The Morgan fingerprint density at radius 2 is 2.12 bits per heavy atom. The average molecular weight is 344 g/mol. The Bertz CT molecular complexity index is 858. The third-order valence-corrected chi connectivity index (χ3v) is 4.56. The zero-order valence-electron chi connectivity index (χ0n) is 13.4. The highest BCUT2D eigenvalue weighted by atomic mass is 32.1. The highest BCUT2D eigenvalue weighted by molar-refractivity contribution is 7.11. The molecule has 124 valence electrons. The van der Waals surface area contributed by atoms with Crippen LogP contribution in [-0.4, -0.2) is 39.2 Å². The van der Waals surface area contributed by atoms with E-state index >= 15 is 0 Å². The summed E-state index contributed by atoms with van der Waals surface area (Å²) >= 11 is 1.63. The highest BCUT2D eigenvalue weighted by Crippen LogP contribution is 2.14. The average Bonchev–Trinajstić information content (AvgIpc) is 3.21. The maximum atomic E-state index is 13.8. The van der Waals surface area contributed by atoms with Gasteiger partial charge in [0.2, 0.25) is 0 Å². The van der Waals surface area contributed by atoms with Crippen molar-refractivity contribution in [3.8, 4) is 5.69 Å². The molecule has 0 saturated heterocycles. The standard InChI is InChI=1S/C17H17FN4OS/c1-12-11-19-16(24-12)8-9-21(2)17(23)14-7-10-22(20-14)15-6-4-3-5-13(15)18/h3-7,10-11H,8-9H2,1-2H3. The third kappa shape index (κ3) is 3.51. The molecule has 7 heteroatoms. The lowest BCUT2D eigenvalue weighted by Gasteiger charge is -2.14. The van der Waals surface area contributed by atoms with Crippen LogP contribution in [0.15, 0.2) is 42.7 Å². The summed E-state index contributed by atoms with van der Waals surface area (Å²) in [6.07, 6.45) is 4.12. The van der Waals surface area contributed by atoms with Gasteiger partial charge in [-0.1, -0.05) is 12.1 Å². The number of benzene rings is 1. The van der Waals surface area contributed by atoms with Crippen LogP contribution in [0.5, 0.6) is 0 Å². The van der Waals surface area contributed by atoms with E-state index < -0.39 is 0 Å². The summed E-state index contributed by atoms with van der Waals surface area (Å²) in [5.74, 6) is -0.578. The summed E-state index contributed by atoms with van der Waals surface area (Å²) < 4.78 is 15.2. The van der Waals surface area contributed by atoms with Crippen molar-refractivity contribution in [2.75, 3.05) is 13.6 Å². The van der Waals surface area contributed by atoms with Crippen LogP contribution in [0.1, 0.15) is 20.4 Å². The summed E-state index contributed by atoms with van der Waals surface area (Å²) in [5, 5.41) is 5.20. The molecule has 0 saturated carbocycles. The molecule has 1 amide bonds. The molecule has 0 fully saturated rings. The van der Waals surface area contributed by atoms with Gasteiger partial charge in [-0.3, -0.25) is 4.79 Å². The summed E-state index contributed by atoms with van der Waals surface area (Å²) in [6.45, 7) is 2.56. The number of halogens is 1. The number of hydrogen-bond donors (Lipinski definition) is 0. The second-order valence-electron chi connectivity index (χ2n) is 5.44. The Hall–Kier alpha value is -2.54. The topological polar surface area (TPSA) is 51.0 Å². The molecule has 0 aliphatic rings. The number of para-hydroxylation sites is 1. The molecule has 0 radical (unpaired) electrons. The normalized spacial score (nSPS) is 10.8. The number of hydrogen-bond acceptors (Lipinski definition) is 4. The van der Waals surface area contributed by atoms with Gasteiger partial charge < -0.3 is 4.90 Å². The van der Waals surface area contributed by atoms with Crippen LogP contribution in [0.3, 0.4) is 0 Å². The first-order valence-corrected chi connectivity index (χ1v) is 8.33. The fraction of sp³-hybridized carbons (Fsp3) is 0.235. The van der Waals surface area contributed by atoms with E-state index in [9.17, 15) is 9.18 Å². The van der Waals surface area contributed by atoms with Crippen LogP contribution in [-0.2, 0) is 6.42 Å². The van der Waals surface area contributed by atoms with Crippen LogP contribution in [0.4, 0.5) is 4.39 Å². The molecular formula is C17H17FN4OS. The van der Waals surface area contributed by atoms with E-state index in [1.54, 1.807) is 53.7 Å². The Balaban J connectivity index is 1.68. The van der Waals surface area contributed by atoms with Crippen molar-refractivity contribution in [1.29, 1.82) is 0 Å². The number of aromatic nitrogens is 3.